The molecule has 0 rings (SSSR count). The molecule has 0 saturated carbocycles. The van der Waals surface area contributed by atoms with Crippen molar-refractivity contribution < 1.29 is 4.79 Å². The number of nitrogens with zero attached hydrogens (tertiary/aromatic N) is 1. The van der Waals surface area contributed by atoms with Crippen LogP contribution >= 0.6 is 0 Å². The Labute approximate surface area is 107 Å². The zero-order valence-electron chi connectivity index (χ0n) is 12.4. The van der Waals surface area contributed by atoms with Gasteiger partial charge in [-0.2, -0.15) is 0 Å². The van der Waals surface area contributed by atoms with Crippen molar-refractivity contribution in [3.05, 3.63) is 0 Å². The summed E-state index contributed by atoms with van der Waals surface area (Å²) in [6.07, 6.45) is 4.76. The average molecular weight is 242 g/mol. The molecule has 0 heterocycles. The van der Waals surface area contributed by atoms with Crippen LogP contribution in [0.25, 0.3) is 0 Å². The minimum atomic E-state index is -0.0244. The van der Waals surface area contributed by atoms with E-state index in [0.29, 0.717) is 5.92 Å². The summed E-state index contributed by atoms with van der Waals surface area (Å²) in [6.45, 7) is 8.47. The summed E-state index contributed by atoms with van der Waals surface area (Å²) < 4.78 is 0. The van der Waals surface area contributed by atoms with Gasteiger partial charge in [0.05, 0.1) is 6.04 Å². The molecule has 3 nitrogen and oxygen atoms in total. The maximum absolute atomic E-state index is 12.1. The number of unbranched alkanes of at least 4 members (excludes halogenated alkanes) is 2. The molecule has 102 valence electrons. The van der Waals surface area contributed by atoms with Crippen molar-refractivity contribution in [2.75, 3.05) is 14.1 Å². The molecule has 2 atom stereocenters. The van der Waals surface area contributed by atoms with E-state index in [0.717, 1.165) is 6.42 Å². The molecule has 3 heteroatoms. The van der Waals surface area contributed by atoms with Crippen LogP contribution in [0.15, 0.2) is 0 Å². The maximum atomic E-state index is 12.1. The molecule has 1 N–H and O–H groups in total. The molecule has 1 amide bonds. The van der Waals surface area contributed by atoms with Crippen LogP contribution in [0.3, 0.4) is 0 Å². The minimum Gasteiger partial charge on any atom is -0.352 e. The number of carbonyl (C=O) groups excluding carboxylic acids is 1. The fourth-order valence-corrected chi connectivity index (χ4v) is 2.23. The smallest absolute Gasteiger partial charge is 0.237 e. The van der Waals surface area contributed by atoms with Crippen molar-refractivity contribution in [1.29, 1.82) is 0 Å². The van der Waals surface area contributed by atoms with Gasteiger partial charge in [-0.15, -0.1) is 0 Å². The highest BCUT2D eigenvalue weighted by Crippen LogP contribution is 2.09. The lowest BCUT2D eigenvalue weighted by Gasteiger charge is -2.28. The van der Waals surface area contributed by atoms with Crippen molar-refractivity contribution >= 4 is 5.91 Å². The zero-order chi connectivity index (χ0) is 13.4. The second kappa shape index (κ2) is 8.51. The van der Waals surface area contributed by atoms with Crippen molar-refractivity contribution in [3.63, 3.8) is 0 Å². The van der Waals surface area contributed by atoms with Crippen LogP contribution in [0.1, 0.15) is 53.4 Å². The molecule has 0 aromatic rings. The third kappa shape index (κ3) is 6.67. The van der Waals surface area contributed by atoms with E-state index in [1.807, 2.05) is 19.0 Å². The number of hydrogen-bond acceptors (Lipinski definition) is 2. The average Bonchev–Trinajstić information content (AvgIpc) is 2.16. The SMILES string of the molecule is CCCCC[C@H](C)NC(=O)[C@@H](C(C)C)N(C)C. The van der Waals surface area contributed by atoms with Gasteiger partial charge < -0.3 is 5.32 Å². The number of likely N-dealkylation sites (N-methyl/N-ethyl adjacent to an activating group) is 1. The quantitative estimate of drug-likeness (QED) is 0.664. The Morgan fingerprint density at radius 2 is 1.76 bits per heavy atom. The van der Waals surface area contributed by atoms with E-state index in [4.69, 9.17) is 0 Å². The summed E-state index contributed by atoms with van der Waals surface area (Å²) in [7, 11) is 3.93. The Morgan fingerprint density at radius 3 is 2.18 bits per heavy atom. The Hall–Kier alpha value is -0.570. The fourth-order valence-electron chi connectivity index (χ4n) is 2.23. The Balaban J connectivity index is 4.12. The van der Waals surface area contributed by atoms with Crippen molar-refractivity contribution in [2.45, 2.75) is 65.5 Å². The predicted octanol–water partition coefficient (Wildman–Crippen LogP) is 2.66. The summed E-state index contributed by atoms with van der Waals surface area (Å²) in [4.78, 5) is 14.1. The van der Waals surface area contributed by atoms with Gasteiger partial charge in [-0.3, -0.25) is 9.69 Å². The van der Waals surface area contributed by atoms with Gasteiger partial charge in [0, 0.05) is 6.04 Å². The molecular weight excluding hydrogens is 212 g/mol. The number of amides is 1. The van der Waals surface area contributed by atoms with E-state index >= 15 is 0 Å². The number of carbonyl (C=O) groups is 1. The Morgan fingerprint density at radius 1 is 1.18 bits per heavy atom. The molecule has 0 aliphatic rings. The third-order valence-electron chi connectivity index (χ3n) is 3.09. The van der Waals surface area contributed by atoms with Gasteiger partial charge in [0.25, 0.3) is 0 Å². The highest BCUT2D eigenvalue weighted by atomic mass is 16.2. The van der Waals surface area contributed by atoms with Gasteiger partial charge in [-0.1, -0.05) is 40.0 Å². The van der Waals surface area contributed by atoms with Crippen LogP contribution in [0.5, 0.6) is 0 Å². The molecule has 0 saturated heterocycles. The van der Waals surface area contributed by atoms with Crippen molar-refractivity contribution in [3.8, 4) is 0 Å². The highest BCUT2D eigenvalue weighted by Gasteiger charge is 2.24. The van der Waals surface area contributed by atoms with Crippen LogP contribution in [0.2, 0.25) is 0 Å². The van der Waals surface area contributed by atoms with E-state index in [1.165, 1.54) is 19.3 Å². The largest absolute Gasteiger partial charge is 0.352 e. The van der Waals surface area contributed by atoms with Gasteiger partial charge in [0.2, 0.25) is 5.91 Å². The monoisotopic (exact) mass is 242 g/mol. The summed E-state index contributed by atoms with van der Waals surface area (Å²) in [6, 6.07) is 0.263. The molecule has 0 aliphatic heterocycles. The first-order chi connectivity index (χ1) is 7.90. The van der Waals surface area contributed by atoms with Crippen LogP contribution in [0.4, 0.5) is 0 Å². The van der Waals surface area contributed by atoms with Crippen molar-refractivity contribution in [2.24, 2.45) is 5.92 Å². The molecule has 0 aromatic carbocycles. The maximum Gasteiger partial charge on any atom is 0.237 e. The molecule has 0 aromatic heterocycles. The zero-order valence-corrected chi connectivity index (χ0v) is 12.4. The second-order valence-electron chi connectivity index (χ2n) is 5.56. The van der Waals surface area contributed by atoms with E-state index in [-0.39, 0.29) is 18.0 Å². The van der Waals surface area contributed by atoms with E-state index in [1.54, 1.807) is 0 Å². The first kappa shape index (κ1) is 16.4. The lowest BCUT2D eigenvalue weighted by atomic mass is 10.0. The summed E-state index contributed by atoms with van der Waals surface area (Å²) in [5.74, 6) is 0.502. The van der Waals surface area contributed by atoms with Gasteiger partial charge >= 0.3 is 0 Å². The van der Waals surface area contributed by atoms with Crippen LogP contribution in [-0.2, 0) is 4.79 Å². The number of hydrogen-bond donors (Lipinski definition) is 1. The Bertz CT molecular complexity index is 206. The molecule has 0 spiro atoms. The van der Waals surface area contributed by atoms with Gasteiger partial charge in [0.1, 0.15) is 0 Å². The molecule has 0 aliphatic carbocycles. The molecule has 0 bridgehead atoms. The van der Waals surface area contributed by atoms with Crippen LogP contribution in [0, 0.1) is 5.92 Å². The van der Waals surface area contributed by atoms with E-state index in [9.17, 15) is 4.79 Å². The van der Waals surface area contributed by atoms with Crippen molar-refractivity contribution in [1.82, 2.24) is 10.2 Å². The first-order valence-electron chi connectivity index (χ1n) is 6.86. The third-order valence-corrected chi connectivity index (χ3v) is 3.09. The van der Waals surface area contributed by atoms with Gasteiger partial charge in [0.15, 0.2) is 0 Å². The summed E-state index contributed by atoms with van der Waals surface area (Å²) in [5.41, 5.74) is 0. The van der Waals surface area contributed by atoms with E-state index in [2.05, 4.69) is 33.0 Å². The second-order valence-corrected chi connectivity index (χ2v) is 5.56. The predicted molar refractivity (Wildman–Crippen MR) is 74.1 cm³/mol. The summed E-state index contributed by atoms with van der Waals surface area (Å²) in [5, 5.41) is 3.12. The van der Waals surface area contributed by atoms with E-state index < -0.39 is 0 Å². The van der Waals surface area contributed by atoms with Crippen LogP contribution < -0.4 is 5.32 Å². The first-order valence-corrected chi connectivity index (χ1v) is 6.86. The molecule has 0 fully saturated rings. The molecule has 0 unspecified atom stereocenters. The fraction of sp³-hybridized carbons (Fsp3) is 0.929. The van der Waals surface area contributed by atoms with Gasteiger partial charge in [-0.25, -0.2) is 0 Å². The summed E-state index contributed by atoms with van der Waals surface area (Å²) >= 11 is 0. The number of rotatable bonds is 8. The molecule has 0 radical (unpaired) electrons. The molecule has 17 heavy (non-hydrogen) atoms. The Kier molecular flexibility index (Phi) is 8.23. The highest BCUT2D eigenvalue weighted by molar-refractivity contribution is 5.82. The standard InChI is InChI=1S/C14H30N2O/c1-7-8-9-10-12(4)15-14(17)13(11(2)3)16(5)6/h11-13H,7-10H2,1-6H3,(H,15,17)/t12-,13+/m0/s1. The van der Waals surface area contributed by atoms with Crippen LogP contribution in [-0.4, -0.2) is 37.0 Å². The lowest BCUT2D eigenvalue weighted by molar-refractivity contribution is -0.127. The van der Waals surface area contributed by atoms with Gasteiger partial charge in [-0.05, 0) is 33.4 Å². The topological polar surface area (TPSA) is 32.3 Å². The number of nitrogens with one attached hydrogen (secondary N) is 1. The minimum absolute atomic E-state index is 0.0244. The lowest BCUT2D eigenvalue weighted by Crippen LogP contribution is -2.49. The molecular formula is C14H30N2O. The normalized spacial score (nSPS) is 15.1.